The maximum absolute atomic E-state index is 13.5. The van der Waals surface area contributed by atoms with Crippen LogP contribution in [-0.4, -0.2) is 61.5 Å². The zero-order valence-electron chi connectivity index (χ0n) is 18.8. The lowest BCUT2D eigenvalue weighted by Gasteiger charge is -2.28. The summed E-state index contributed by atoms with van der Waals surface area (Å²) >= 11 is 1.35. The first-order valence-electron chi connectivity index (χ1n) is 11.0. The molecular formula is C24H25N5O3S. The van der Waals surface area contributed by atoms with Crippen LogP contribution in [0.5, 0.6) is 0 Å². The molecule has 2 aromatic heterocycles. The van der Waals surface area contributed by atoms with Gasteiger partial charge < -0.3 is 9.64 Å². The Kier molecular flexibility index (Phi) is 5.67. The van der Waals surface area contributed by atoms with Gasteiger partial charge in [0.2, 0.25) is 11.7 Å². The standard InChI is InChI=1S/C24H25N5O3S/c1-15-8-9-19(16(2)14-15)28-22(31)18-6-4-5-7-20(18)29-23(28)25-26-24(29)33-17(3)21(30)27-10-12-32-13-11-27/h4-9,14,17H,10-13H2,1-3H3. The van der Waals surface area contributed by atoms with E-state index in [1.54, 1.807) is 4.57 Å². The van der Waals surface area contributed by atoms with Crippen LogP contribution in [-0.2, 0) is 9.53 Å². The Bertz CT molecular complexity index is 1420. The lowest BCUT2D eigenvalue weighted by molar-refractivity contribution is -0.134. The van der Waals surface area contributed by atoms with Crippen molar-refractivity contribution >= 4 is 34.3 Å². The molecule has 1 aliphatic rings. The molecule has 33 heavy (non-hydrogen) atoms. The number of thioether (sulfide) groups is 1. The van der Waals surface area contributed by atoms with Crippen LogP contribution in [0.4, 0.5) is 0 Å². The molecule has 4 aromatic rings. The summed E-state index contributed by atoms with van der Waals surface area (Å²) in [6, 6.07) is 13.4. The van der Waals surface area contributed by atoms with Crippen molar-refractivity contribution in [3.05, 3.63) is 63.9 Å². The molecule has 1 amide bonds. The summed E-state index contributed by atoms with van der Waals surface area (Å²) < 4.78 is 8.86. The van der Waals surface area contributed by atoms with E-state index in [-0.39, 0.29) is 16.7 Å². The van der Waals surface area contributed by atoms with Crippen molar-refractivity contribution in [2.45, 2.75) is 31.2 Å². The molecule has 8 nitrogen and oxygen atoms in total. The van der Waals surface area contributed by atoms with Crippen LogP contribution in [0.15, 0.2) is 52.4 Å². The third-order valence-corrected chi connectivity index (χ3v) is 6.97. The Hall–Kier alpha value is -3.17. The van der Waals surface area contributed by atoms with E-state index in [1.807, 2.05) is 72.5 Å². The van der Waals surface area contributed by atoms with Crippen LogP contribution in [0.2, 0.25) is 0 Å². The number of aromatic nitrogens is 4. The monoisotopic (exact) mass is 463 g/mol. The maximum Gasteiger partial charge on any atom is 0.267 e. The molecule has 9 heteroatoms. The molecule has 3 heterocycles. The van der Waals surface area contributed by atoms with Crippen LogP contribution in [0, 0.1) is 13.8 Å². The van der Waals surface area contributed by atoms with Gasteiger partial charge in [-0.3, -0.25) is 14.0 Å². The molecule has 0 spiro atoms. The fraction of sp³-hybridized carbons (Fsp3) is 0.333. The quantitative estimate of drug-likeness (QED) is 0.433. The summed E-state index contributed by atoms with van der Waals surface area (Å²) in [5.74, 6) is 0.478. The predicted molar refractivity (Wildman–Crippen MR) is 128 cm³/mol. The van der Waals surface area contributed by atoms with Gasteiger partial charge in [-0.15, -0.1) is 10.2 Å². The van der Waals surface area contributed by atoms with Gasteiger partial charge in [0.1, 0.15) is 0 Å². The van der Waals surface area contributed by atoms with E-state index in [2.05, 4.69) is 10.2 Å². The van der Waals surface area contributed by atoms with Gasteiger partial charge in [-0.2, -0.15) is 0 Å². The van der Waals surface area contributed by atoms with Gasteiger partial charge in [-0.05, 0) is 44.5 Å². The highest BCUT2D eigenvalue weighted by atomic mass is 32.2. The summed E-state index contributed by atoms with van der Waals surface area (Å²) in [6.07, 6.45) is 0. The molecular weight excluding hydrogens is 438 g/mol. The van der Waals surface area contributed by atoms with E-state index in [4.69, 9.17) is 4.74 Å². The largest absolute Gasteiger partial charge is 0.378 e. The summed E-state index contributed by atoms with van der Waals surface area (Å²) in [6.45, 7) is 8.20. The first-order chi connectivity index (χ1) is 16.0. The number of hydrogen-bond acceptors (Lipinski definition) is 6. The number of ether oxygens (including phenoxy) is 1. The van der Waals surface area contributed by atoms with Crippen molar-refractivity contribution in [1.82, 2.24) is 24.1 Å². The molecule has 0 bridgehead atoms. The number of carbonyl (C=O) groups is 1. The van der Waals surface area contributed by atoms with E-state index >= 15 is 0 Å². The smallest absolute Gasteiger partial charge is 0.267 e. The summed E-state index contributed by atoms with van der Waals surface area (Å²) in [7, 11) is 0. The number of carbonyl (C=O) groups excluding carboxylic acids is 1. The lowest BCUT2D eigenvalue weighted by atomic mass is 10.1. The second-order valence-corrected chi connectivity index (χ2v) is 9.57. The van der Waals surface area contributed by atoms with Crippen LogP contribution in [0.1, 0.15) is 18.1 Å². The van der Waals surface area contributed by atoms with Crippen LogP contribution in [0.25, 0.3) is 22.4 Å². The van der Waals surface area contributed by atoms with Gasteiger partial charge in [0, 0.05) is 13.1 Å². The number of benzene rings is 2. The topological polar surface area (TPSA) is 81.7 Å². The number of hydrogen-bond donors (Lipinski definition) is 0. The first kappa shape index (κ1) is 21.7. The minimum absolute atomic E-state index is 0.0482. The Morgan fingerprint density at radius 2 is 1.85 bits per heavy atom. The van der Waals surface area contributed by atoms with Crippen molar-refractivity contribution in [2.24, 2.45) is 0 Å². The zero-order valence-corrected chi connectivity index (χ0v) is 19.6. The van der Waals surface area contributed by atoms with Crippen molar-refractivity contribution < 1.29 is 9.53 Å². The molecule has 0 radical (unpaired) electrons. The second kappa shape index (κ2) is 8.64. The van der Waals surface area contributed by atoms with Crippen molar-refractivity contribution in [1.29, 1.82) is 0 Å². The predicted octanol–water partition coefficient (Wildman–Crippen LogP) is 2.99. The Morgan fingerprint density at radius 3 is 2.61 bits per heavy atom. The van der Waals surface area contributed by atoms with Crippen molar-refractivity contribution in [3.63, 3.8) is 0 Å². The van der Waals surface area contributed by atoms with Gasteiger partial charge in [-0.25, -0.2) is 4.57 Å². The van der Waals surface area contributed by atoms with E-state index in [1.165, 1.54) is 11.8 Å². The third kappa shape index (κ3) is 3.81. The minimum atomic E-state index is -0.351. The average molecular weight is 464 g/mol. The number of para-hydroxylation sites is 1. The van der Waals surface area contributed by atoms with Crippen molar-refractivity contribution in [3.8, 4) is 5.69 Å². The second-order valence-electron chi connectivity index (χ2n) is 8.26. The molecule has 170 valence electrons. The highest BCUT2D eigenvalue weighted by Crippen LogP contribution is 2.28. The van der Waals surface area contributed by atoms with E-state index in [9.17, 15) is 9.59 Å². The number of fused-ring (bicyclic) bond motifs is 3. The van der Waals surface area contributed by atoms with E-state index < -0.39 is 0 Å². The van der Waals surface area contributed by atoms with Crippen LogP contribution in [0.3, 0.4) is 0 Å². The normalized spacial score (nSPS) is 15.3. The number of nitrogens with zero attached hydrogens (tertiary/aromatic N) is 5. The van der Waals surface area contributed by atoms with Gasteiger partial charge >= 0.3 is 0 Å². The molecule has 2 aromatic carbocycles. The van der Waals surface area contributed by atoms with Crippen LogP contribution < -0.4 is 5.56 Å². The van der Waals surface area contributed by atoms with Gasteiger partial charge in [0.15, 0.2) is 5.16 Å². The van der Waals surface area contributed by atoms with Crippen molar-refractivity contribution in [2.75, 3.05) is 26.3 Å². The molecule has 1 fully saturated rings. The molecule has 0 saturated carbocycles. The molecule has 0 N–H and O–H groups in total. The summed E-state index contributed by atoms with van der Waals surface area (Å²) in [4.78, 5) is 28.3. The fourth-order valence-corrected chi connectivity index (χ4v) is 5.22. The SMILES string of the molecule is Cc1ccc(-n2c(=O)c3ccccc3n3c(SC(C)C(=O)N4CCOCC4)nnc23)c(C)c1. The molecule has 1 atom stereocenters. The summed E-state index contributed by atoms with van der Waals surface area (Å²) in [5.41, 5.74) is 3.43. The maximum atomic E-state index is 13.5. The van der Waals surface area contributed by atoms with E-state index in [0.29, 0.717) is 42.6 Å². The molecule has 0 aliphatic carbocycles. The van der Waals surface area contributed by atoms with Gasteiger partial charge in [0.05, 0.1) is 35.1 Å². The fourth-order valence-electron chi connectivity index (χ4n) is 4.28. The number of morpholine rings is 1. The van der Waals surface area contributed by atoms with Gasteiger partial charge in [0.25, 0.3) is 5.56 Å². The third-order valence-electron chi connectivity index (χ3n) is 5.94. The minimum Gasteiger partial charge on any atom is -0.378 e. The molecule has 1 aliphatic heterocycles. The van der Waals surface area contributed by atoms with E-state index in [0.717, 1.165) is 22.3 Å². The molecule has 1 saturated heterocycles. The number of amides is 1. The zero-order chi connectivity index (χ0) is 23.1. The first-order valence-corrected chi connectivity index (χ1v) is 11.8. The Balaban J connectivity index is 1.66. The average Bonchev–Trinajstić information content (AvgIpc) is 3.23. The highest BCUT2D eigenvalue weighted by Gasteiger charge is 2.26. The lowest BCUT2D eigenvalue weighted by Crippen LogP contribution is -2.44. The van der Waals surface area contributed by atoms with Gasteiger partial charge in [-0.1, -0.05) is 41.6 Å². The molecule has 5 rings (SSSR count). The number of aryl methyl sites for hydroxylation is 2. The highest BCUT2D eigenvalue weighted by molar-refractivity contribution is 8.00. The Labute approximate surface area is 195 Å². The van der Waals surface area contributed by atoms with Crippen LogP contribution >= 0.6 is 11.8 Å². The molecule has 1 unspecified atom stereocenters. The Morgan fingerprint density at radius 1 is 1.09 bits per heavy atom. The summed E-state index contributed by atoms with van der Waals surface area (Å²) in [5, 5.41) is 9.61. The number of rotatable bonds is 4.